The summed E-state index contributed by atoms with van der Waals surface area (Å²) in [6.45, 7) is 5.67. The van der Waals surface area contributed by atoms with Crippen LogP contribution in [0.15, 0.2) is 6.33 Å². The Morgan fingerprint density at radius 3 is 2.73 bits per heavy atom. The molecule has 0 bridgehead atoms. The second-order valence-electron chi connectivity index (χ2n) is 3.10. The number of aromatic nitrogens is 2. The first kappa shape index (κ1) is 12.0. The lowest BCUT2D eigenvalue weighted by atomic mass is 10.3. The van der Waals surface area contributed by atoms with Crippen molar-refractivity contribution in [3.05, 3.63) is 11.9 Å². The second-order valence-corrected chi connectivity index (χ2v) is 3.48. The van der Waals surface area contributed by atoms with Crippen LogP contribution in [0.4, 0.5) is 5.82 Å². The summed E-state index contributed by atoms with van der Waals surface area (Å²) in [6.07, 6.45) is 1.51. The number of nitrogens with zero attached hydrogens (tertiary/aromatic N) is 3. The van der Waals surface area contributed by atoms with E-state index in [0.29, 0.717) is 11.8 Å². The molecule has 0 amide bonds. The molecule has 5 heteroatoms. The minimum Gasteiger partial charge on any atom is -0.481 e. The molecular formula is C10H16ClN3O. The zero-order chi connectivity index (χ0) is 11.3. The molecule has 0 aromatic carbocycles. The van der Waals surface area contributed by atoms with Gasteiger partial charge in [0.2, 0.25) is 5.88 Å². The van der Waals surface area contributed by atoms with Gasteiger partial charge in [0, 0.05) is 19.0 Å². The molecule has 0 unspecified atom stereocenters. The molecule has 0 saturated heterocycles. The predicted molar refractivity (Wildman–Crippen MR) is 61.9 cm³/mol. The summed E-state index contributed by atoms with van der Waals surface area (Å²) in [7, 11) is 1.61. The van der Waals surface area contributed by atoms with Gasteiger partial charge in [0.25, 0.3) is 0 Å². The van der Waals surface area contributed by atoms with Gasteiger partial charge in [-0.15, -0.1) is 11.6 Å². The van der Waals surface area contributed by atoms with E-state index in [0.717, 1.165) is 24.5 Å². The molecule has 1 aromatic heterocycles. The maximum atomic E-state index is 5.73. The lowest BCUT2D eigenvalue weighted by Gasteiger charge is -2.22. The molecule has 0 aliphatic carbocycles. The lowest BCUT2D eigenvalue weighted by molar-refractivity contribution is 0.393. The fourth-order valence-corrected chi connectivity index (χ4v) is 1.67. The quantitative estimate of drug-likeness (QED) is 0.723. The minimum atomic E-state index is 0.583. The largest absolute Gasteiger partial charge is 0.481 e. The van der Waals surface area contributed by atoms with Crippen LogP contribution < -0.4 is 9.64 Å². The highest BCUT2D eigenvalue weighted by Gasteiger charge is 2.12. The van der Waals surface area contributed by atoms with Crippen molar-refractivity contribution < 1.29 is 4.74 Å². The number of rotatable bonds is 5. The van der Waals surface area contributed by atoms with Gasteiger partial charge in [-0.05, 0) is 13.8 Å². The van der Waals surface area contributed by atoms with E-state index < -0.39 is 0 Å². The summed E-state index contributed by atoms with van der Waals surface area (Å²) in [5.74, 6) is 2.09. The summed E-state index contributed by atoms with van der Waals surface area (Å²) in [4.78, 5) is 10.4. The second kappa shape index (κ2) is 5.75. The Labute approximate surface area is 95.2 Å². The summed E-state index contributed by atoms with van der Waals surface area (Å²) < 4.78 is 5.15. The van der Waals surface area contributed by atoms with E-state index >= 15 is 0 Å². The standard InChI is InChI=1S/C10H16ClN3O/c1-4-14(6-5-11)9-8(2)10(15-3)13-7-12-9/h7H,4-6H2,1-3H3. The molecule has 4 nitrogen and oxygen atoms in total. The number of ether oxygens (including phenoxy) is 1. The van der Waals surface area contributed by atoms with E-state index in [2.05, 4.69) is 21.8 Å². The van der Waals surface area contributed by atoms with Crippen LogP contribution in [0.2, 0.25) is 0 Å². The smallest absolute Gasteiger partial charge is 0.221 e. The Kier molecular flexibility index (Phi) is 4.62. The Morgan fingerprint density at radius 1 is 1.47 bits per heavy atom. The summed E-state index contributed by atoms with van der Waals surface area (Å²) in [5, 5.41) is 0. The van der Waals surface area contributed by atoms with Crippen molar-refractivity contribution in [1.82, 2.24) is 9.97 Å². The molecule has 1 rings (SSSR count). The van der Waals surface area contributed by atoms with Crippen molar-refractivity contribution in [3.8, 4) is 5.88 Å². The molecule has 0 saturated carbocycles. The summed E-state index contributed by atoms with van der Waals surface area (Å²) >= 11 is 5.73. The molecule has 0 aliphatic rings. The summed E-state index contributed by atoms with van der Waals surface area (Å²) in [6, 6.07) is 0. The fraction of sp³-hybridized carbons (Fsp3) is 0.600. The third kappa shape index (κ3) is 2.72. The average Bonchev–Trinajstić information content (AvgIpc) is 2.27. The van der Waals surface area contributed by atoms with Crippen LogP contribution in [-0.4, -0.2) is 36.0 Å². The first-order valence-corrected chi connectivity index (χ1v) is 5.44. The highest BCUT2D eigenvalue weighted by molar-refractivity contribution is 6.18. The number of methoxy groups -OCH3 is 1. The van der Waals surface area contributed by atoms with Crippen molar-refractivity contribution in [3.63, 3.8) is 0 Å². The van der Waals surface area contributed by atoms with Crippen molar-refractivity contribution >= 4 is 17.4 Å². The molecule has 0 atom stereocenters. The van der Waals surface area contributed by atoms with Gasteiger partial charge in [-0.3, -0.25) is 0 Å². The predicted octanol–water partition coefficient (Wildman–Crippen LogP) is 1.86. The Hall–Kier alpha value is -1.03. The number of alkyl halides is 1. The Morgan fingerprint density at radius 2 is 2.20 bits per heavy atom. The molecule has 1 heterocycles. The first-order chi connectivity index (χ1) is 7.24. The fourth-order valence-electron chi connectivity index (χ4n) is 1.47. The highest BCUT2D eigenvalue weighted by Crippen LogP contribution is 2.23. The van der Waals surface area contributed by atoms with Gasteiger partial charge in [-0.2, -0.15) is 0 Å². The number of hydrogen-bond donors (Lipinski definition) is 0. The zero-order valence-corrected chi connectivity index (χ0v) is 10.1. The van der Waals surface area contributed by atoms with Gasteiger partial charge in [-0.1, -0.05) is 0 Å². The Balaban J connectivity index is 3.01. The zero-order valence-electron chi connectivity index (χ0n) is 9.33. The van der Waals surface area contributed by atoms with Crippen LogP contribution in [-0.2, 0) is 0 Å². The topological polar surface area (TPSA) is 38.2 Å². The normalized spacial score (nSPS) is 10.1. The van der Waals surface area contributed by atoms with Gasteiger partial charge in [0.15, 0.2) is 0 Å². The monoisotopic (exact) mass is 229 g/mol. The van der Waals surface area contributed by atoms with E-state index in [4.69, 9.17) is 16.3 Å². The van der Waals surface area contributed by atoms with E-state index in [1.54, 1.807) is 7.11 Å². The van der Waals surface area contributed by atoms with Crippen LogP contribution in [0, 0.1) is 6.92 Å². The summed E-state index contributed by atoms with van der Waals surface area (Å²) in [5.41, 5.74) is 0.951. The number of hydrogen-bond acceptors (Lipinski definition) is 4. The van der Waals surface area contributed by atoms with Crippen molar-refractivity contribution in [2.45, 2.75) is 13.8 Å². The van der Waals surface area contributed by atoms with E-state index in [9.17, 15) is 0 Å². The molecule has 15 heavy (non-hydrogen) atoms. The third-order valence-corrected chi connectivity index (χ3v) is 2.41. The molecule has 84 valence electrons. The van der Waals surface area contributed by atoms with E-state index in [1.807, 2.05) is 6.92 Å². The van der Waals surface area contributed by atoms with Crippen LogP contribution >= 0.6 is 11.6 Å². The van der Waals surface area contributed by atoms with Gasteiger partial charge in [-0.25, -0.2) is 9.97 Å². The van der Waals surface area contributed by atoms with Gasteiger partial charge >= 0.3 is 0 Å². The van der Waals surface area contributed by atoms with Crippen LogP contribution in [0.3, 0.4) is 0 Å². The van der Waals surface area contributed by atoms with Crippen LogP contribution in [0.5, 0.6) is 5.88 Å². The van der Waals surface area contributed by atoms with Crippen molar-refractivity contribution in [1.29, 1.82) is 0 Å². The van der Waals surface area contributed by atoms with E-state index in [-0.39, 0.29) is 0 Å². The Bertz CT molecular complexity index is 320. The van der Waals surface area contributed by atoms with Crippen LogP contribution in [0.25, 0.3) is 0 Å². The maximum absolute atomic E-state index is 5.73. The van der Waals surface area contributed by atoms with Gasteiger partial charge in [0.1, 0.15) is 12.1 Å². The molecule has 1 aromatic rings. The van der Waals surface area contributed by atoms with Crippen molar-refractivity contribution in [2.75, 3.05) is 31.0 Å². The number of anilines is 1. The lowest BCUT2D eigenvalue weighted by Crippen LogP contribution is -2.26. The molecule has 0 fully saturated rings. The van der Waals surface area contributed by atoms with Crippen molar-refractivity contribution in [2.24, 2.45) is 0 Å². The maximum Gasteiger partial charge on any atom is 0.221 e. The molecule has 0 spiro atoms. The minimum absolute atomic E-state index is 0.583. The molecule has 0 aliphatic heterocycles. The molecule has 0 N–H and O–H groups in total. The van der Waals surface area contributed by atoms with E-state index in [1.165, 1.54) is 6.33 Å². The van der Waals surface area contributed by atoms with Crippen LogP contribution in [0.1, 0.15) is 12.5 Å². The van der Waals surface area contributed by atoms with Gasteiger partial charge < -0.3 is 9.64 Å². The highest BCUT2D eigenvalue weighted by atomic mass is 35.5. The number of halogens is 1. The van der Waals surface area contributed by atoms with Gasteiger partial charge in [0.05, 0.1) is 12.7 Å². The third-order valence-electron chi connectivity index (χ3n) is 2.24. The first-order valence-electron chi connectivity index (χ1n) is 4.91. The molecular weight excluding hydrogens is 214 g/mol. The average molecular weight is 230 g/mol. The SMILES string of the molecule is CCN(CCCl)c1ncnc(OC)c1C. The molecule has 0 radical (unpaired) electrons.